The van der Waals surface area contributed by atoms with Gasteiger partial charge in [0.2, 0.25) is 0 Å². The minimum absolute atomic E-state index is 0.182. The van der Waals surface area contributed by atoms with Gasteiger partial charge in [0, 0.05) is 13.3 Å². The third kappa shape index (κ3) is 7.03. The van der Waals surface area contributed by atoms with E-state index in [2.05, 4.69) is 4.98 Å². The molecule has 1 rings (SSSR count). The lowest BCUT2D eigenvalue weighted by atomic mass is 10.3. The number of methoxy groups -OCH3 is 1. The van der Waals surface area contributed by atoms with Gasteiger partial charge in [-0.25, -0.2) is 9.78 Å². The summed E-state index contributed by atoms with van der Waals surface area (Å²) in [5.41, 5.74) is 5.79. The van der Waals surface area contributed by atoms with Crippen molar-refractivity contribution in [1.29, 1.82) is 0 Å². The van der Waals surface area contributed by atoms with Crippen LogP contribution in [0.4, 0.5) is 5.82 Å². The lowest BCUT2D eigenvalue weighted by molar-refractivity contribution is 0.00569. The molecule has 0 saturated carbocycles. The number of nitrogens with two attached hydrogens (primary N) is 1. The molecule has 0 bridgehead atoms. The number of nitrogens with zero attached hydrogens (tertiary/aromatic N) is 1. The first-order chi connectivity index (χ1) is 9.74. The summed E-state index contributed by atoms with van der Waals surface area (Å²) >= 11 is 0. The van der Waals surface area contributed by atoms with Gasteiger partial charge >= 0.3 is 5.97 Å². The second kappa shape index (κ2) is 10.1. The van der Waals surface area contributed by atoms with Gasteiger partial charge in [-0.05, 0) is 12.1 Å². The molecule has 20 heavy (non-hydrogen) atoms. The summed E-state index contributed by atoms with van der Waals surface area (Å²) in [5, 5.41) is 0. The molecule has 0 aliphatic rings. The van der Waals surface area contributed by atoms with Crippen LogP contribution >= 0.6 is 0 Å². The summed E-state index contributed by atoms with van der Waals surface area (Å²) in [6.07, 6.45) is 1.38. The molecule has 0 fully saturated rings. The van der Waals surface area contributed by atoms with Crippen molar-refractivity contribution in [2.45, 2.75) is 0 Å². The van der Waals surface area contributed by atoms with Crippen LogP contribution in [0.15, 0.2) is 18.3 Å². The third-order valence-corrected chi connectivity index (χ3v) is 2.29. The van der Waals surface area contributed by atoms with Gasteiger partial charge in [0.25, 0.3) is 0 Å². The molecule has 0 radical (unpaired) electrons. The molecule has 2 N–H and O–H groups in total. The van der Waals surface area contributed by atoms with Crippen LogP contribution in [0.25, 0.3) is 0 Å². The normalized spacial score (nSPS) is 10.4. The zero-order valence-corrected chi connectivity index (χ0v) is 11.5. The molecule has 0 aromatic carbocycles. The van der Waals surface area contributed by atoms with Crippen LogP contribution < -0.4 is 5.73 Å². The molecule has 0 saturated heterocycles. The number of hydrogen-bond acceptors (Lipinski definition) is 7. The van der Waals surface area contributed by atoms with Gasteiger partial charge in [-0.1, -0.05) is 0 Å². The standard InChI is InChI=1S/C13H20N2O5/c1-17-4-5-18-6-7-19-8-9-20-13(16)11-2-3-12(14)15-10-11/h2-3,10H,4-9H2,1H3,(H2,14,15). The Hall–Kier alpha value is -1.70. The molecular formula is C13H20N2O5. The Morgan fingerprint density at radius 1 is 1.10 bits per heavy atom. The van der Waals surface area contributed by atoms with Crippen LogP contribution in [0.2, 0.25) is 0 Å². The summed E-state index contributed by atoms with van der Waals surface area (Å²) in [6, 6.07) is 3.11. The molecule has 0 atom stereocenters. The number of hydrogen-bond donors (Lipinski definition) is 1. The molecule has 1 aromatic rings. The SMILES string of the molecule is COCCOCCOCCOC(=O)c1ccc(N)nc1. The lowest BCUT2D eigenvalue weighted by Gasteiger charge is -2.06. The van der Waals surface area contributed by atoms with Crippen molar-refractivity contribution in [3.05, 3.63) is 23.9 Å². The molecule has 7 nitrogen and oxygen atoms in total. The average molecular weight is 284 g/mol. The van der Waals surface area contributed by atoms with E-state index in [0.29, 0.717) is 44.4 Å². The Kier molecular flexibility index (Phi) is 8.28. The van der Waals surface area contributed by atoms with Gasteiger partial charge in [-0.2, -0.15) is 0 Å². The maximum Gasteiger partial charge on any atom is 0.339 e. The number of rotatable bonds is 10. The topological polar surface area (TPSA) is 92.9 Å². The molecule has 1 heterocycles. The van der Waals surface area contributed by atoms with Crippen molar-refractivity contribution >= 4 is 11.8 Å². The molecule has 1 aromatic heterocycles. The monoisotopic (exact) mass is 284 g/mol. The number of anilines is 1. The van der Waals surface area contributed by atoms with Crippen molar-refractivity contribution < 1.29 is 23.7 Å². The van der Waals surface area contributed by atoms with E-state index in [1.54, 1.807) is 19.2 Å². The zero-order chi connectivity index (χ0) is 14.6. The van der Waals surface area contributed by atoms with Gasteiger partial charge < -0.3 is 24.7 Å². The largest absolute Gasteiger partial charge is 0.460 e. The molecule has 0 spiro atoms. The summed E-state index contributed by atoms with van der Waals surface area (Å²) in [4.78, 5) is 15.4. The number of pyridine rings is 1. The number of esters is 1. The molecular weight excluding hydrogens is 264 g/mol. The van der Waals surface area contributed by atoms with Crippen molar-refractivity contribution in [2.75, 3.05) is 52.5 Å². The number of carbonyl (C=O) groups is 1. The number of ether oxygens (including phenoxy) is 4. The van der Waals surface area contributed by atoms with E-state index in [0.717, 1.165) is 0 Å². The molecule has 0 aliphatic carbocycles. The van der Waals surface area contributed by atoms with Crippen LogP contribution in [-0.2, 0) is 18.9 Å². The van der Waals surface area contributed by atoms with E-state index in [9.17, 15) is 4.79 Å². The zero-order valence-electron chi connectivity index (χ0n) is 11.5. The highest BCUT2D eigenvalue weighted by atomic mass is 16.6. The highest BCUT2D eigenvalue weighted by Crippen LogP contribution is 2.02. The molecule has 112 valence electrons. The predicted octanol–water partition coefficient (Wildman–Crippen LogP) is 0.500. The number of carbonyl (C=O) groups excluding carboxylic acids is 1. The Morgan fingerprint density at radius 2 is 1.75 bits per heavy atom. The van der Waals surface area contributed by atoms with Crippen molar-refractivity contribution in [2.24, 2.45) is 0 Å². The first kappa shape index (κ1) is 16.4. The van der Waals surface area contributed by atoms with E-state index in [-0.39, 0.29) is 6.61 Å². The van der Waals surface area contributed by atoms with Crippen molar-refractivity contribution in [1.82, 2.24) is 4.98 Å². The number of nitrogen functional groups attached to an aromatic ring is 1. The molecule has 0 aliphatic heterocycles. The molecule has 7 heteroatoms. The highest BCUT2D eigenvalue weighted by molar-refractivity contribution is 5.89. The Labute approximate surface area is 118 Å². The first-order valence-corrected chi connectivity index (χ1v) is 6.27. The summed E-state index contributed by atoms with van der Waals surface area (Å²) in [7, 11) is 1.62. The number of aromatic nitrogens is 1. The predicted molar refractivity (Wildman–Crippen MR) is 72.4 cm³/mol. The van der Waals surface area contributed by atoms with Crippen LogP contribution in [0, 0.1) is 0 Å². The van der Waals surface area contributed by atoms with Gasteiger partial charge in [-0.15, -0.1) is 0 Å². The van der Waals surface area contributed by atoms with Crippen LogP contribution in [0.3, 0.4) is 0 Å². The van der Waals surface area contributed by atoms with Crippen LogP contribution in [0.5, 0.6) is 0 Å². The van der Waals surface area contributed by atoms with Crippen molar-refractivity contribution in [3.8, 4) is 0 Å². The highest BCUT2D eigenvalue weighted by Gasteiger charge is 2.06. The van der Waals surface area contributed by atoms with E-state index < -0.39 is 5.97 Å². The van der Waals surface area contributed by atoms with Crippen LogP contribution in [0.1, 0.15) is 10.4 Å². The van der Waals surface area contributed by atoms with E-state index >= 15 is 0 Å². The van der Waals surface area contributed by atoms with Gasteiger partial charge in [0.15, 0.2) is 0 Å². The second-order valence-electron chi connectivity index (χ2n) is 3.83. The Bertz CT molecular complexity index is 383. The summed E-state index contributed by atoms with van der Waals surface area (Å²) in [6.45, 7) is 2.54. The Morgan fingerprint density at radius 3 is 2.35 bits per heavy atom. The summed E-state index contributed by atoms with van der Waals surface area (Å²) in [5.74, 6) is -0.0872. The fraction of sp³-hybridized carbons (Fsp3) is 0.538. The van der Waals surface area contributed by atoms with E-state index in [1.807, 2.05) is 0 Å². The average Bonchev–Trinajstić information content (AvgIpc) is 2.46. The minimum atomic E-state index is -0.447. The van der Waals surface area contributed by atoms with Gasteiger partial charge in [0.1, 0.15) is 12.4 Å². The quantitative estimate of drug-likeness (QED) is 0.494. The first-order valence-electron chi connectivity index (χ1n) is 6.27. The Balaban J connectivity index is 2.01. The molecule has 0 amide bonds. The van der Waals surface area contributed by atoms with Gasteiger partial charge in [0.05, 0.1) is 38.6 Å². The second-order valence-corrected chi connectivity index (χ2v) is 3.83. The fourth-order valence-corrected chi connectivity index (χ4v) is 1.27. The summed E-state index contributed by atoms with van der Waals surface area (Å²) < 4.78 is 20.3. The maximum atomic E-state index is 11.6. The smallest absolute Gasteiger partial charge is 0.339 e. The third-order valence-electron chi connectivity index (χ3n) is 2.29. The molecule has 0 unspecified atom stereocenters. The van der Waals surface area contributed by atoms with Crippen LogP contribution in [-0.4, -0.2) is 57.7 Å². The lowest BCUT2D eigenvalue weighted by Crippen LogP contribution is -2.14. The van der Waals surface area contributed by atoms with Crippen molar-refractivity contribution in [3.63, 3.8) is 0 Å². The minimum Gasteiger partial charge on any atom is -0.460 e. The van der Waals surface area contributed by atoms with Gasteiger partial charge in [-0.3, -0.25) is 0 Å². The fourth-order valence-electron chi connectivity index (χ4n) is 1.27. The van der Waals surface area contributed by atoms with E-state index in [1.165, 1.54) is 6.20 Å². The van der Waals surface area contributed by atoms with E-state index in [4.69, 9.17) is 24.7 Å². The maximum absolute atomic E-state index is 11.6.